The summed E-state index contributed by atoms with van der Waals surface area (Å²) in [5.41, 5.74) is 2.37. The number of benzene rings is 2. The van der Waals surface area contributed by atoms with Crippen molar-refractivity contribution >= 4 is 32.6 Å². The molecule has 1 aromatic heterocycles. The Morgan fingerprint density at radius 2 is 1.78 bits per heavy atom. The van der Waals surface area contributed by atoms with Crippen LogP contribution in [0.4, 0.5) is 0 Å². The maximum Gasteiger partial charge on any atom is 0.195 e. The lowest BCUT2D eigenvalue weighted by molar-refractivity contribution is 0.104. The van der Waals surface area contributed by atoms with E-state index in [-0.39, 0.29) is 5.78 Å². The van der Waals surface area contributed by atoms with Gasteiger partial charge >= 0.3 is 0 Å². The fraction of sp³-hybridized carbons (Fsp3) is 0. The monoisotopic (exact) mass is 299 g/mol. The summed E-state index contributed by atoms with van der Waals surface area (Å²) < 4.78 is 0.965. The minimum Gasteiger partial charge on any atom is -0.360 e. The molecule has 3 aromatic rings. The number of carbonyl (C=O) groups is 1. The number of nitrogens with one attached hydrogen (secondary N) is 1. The van der Waals surface area contributed by atoms with Crippen molar-refractivity contribution in [3.63, 3.8) is 0 Å². The second kappa shape index (κ2) is 4.42. The molecule has 0 spiro atoms. The van der Waals surface area contributed by atoms with Crippen LogP contribution in [0, 0.1) is 0 Å². The van der Waals surface area contributed by atoms with Gasteiger partial charge in [-0.2, -0.15) is 0 Å². The summed E-state index contributed by atoms with van der Waals surface area (Å²) in [6.45, 7) is 0. The highest BCUT2D eigenvalue weighted by Crippen LogP contribution is 2.26. The summed E-state index contributed by atoms with van der Waals surface area (Å²) in [6, 6.07) is 15.2. The molecule has 0 radical (unpaired) electrons. The molecular formula is C15H10BrNO. The molecule has 0 bridgehead atoms. The Labute approximate surface area is 113 Å². The average Bonchev–Trinajstić information content (AvgIpc) is 2.84. The third-order valence-corrected chi connectivity index (χ3v) is 3.61. The van der Waals surface area contributed by atoms with E-state index in [9.17, 15) is 4.79 Å². The van der Waals surface area contributed by atoms with Crippen LogP contribution in [0.5, 0.6) is 0 Å². The Morgan fingerprint density at radius 1 is 1.00 bits per heavy atom. The van der Waals surface area contributed by atoms with E-state index in [1.54, 1.807) is 6.20 Å². The highest BCUT2D eigenvalue weighted by atomic mass is 79.9. The number of carbonyl (C=O) groups excluding carboxylic acids is 1. The fourth-order valence-electron chi connectivity index (χ4n) is 2.05. The highest BCUT2D eigenvalue weighted by Gasteiger charge is 2.14. The molecule has 0 fully saturated rings. The number of para-hydroxylation sites is 1. The summed E-state index contributed by atoms with van der Waals surface area (Å²) in [7, 11) is 0. The second-order valence-electron chi connectivity index (χ2n) is 4.06. The molecule has 0 aliphatic rings. The van der Waals surface area contributed by atoms with Gasteiger partial charge in [0, 0.05) is 27.2 Å². The van der Waals surface area contributed by atoms with Gasteiger partial charge in [-0.1, -0.05) is 42.5 Å². The molecule has 88 valence electrons. The molecule has 0 unspecified atom stereocenters. The van der Waals surface area contributed by atoms with E-state index in [0.717, 1.165) is 15.4 Å². The number of hydrogen-bond donors (Lipinski definition) is 1. The zero-order valence-electron chi connectivity index (χ0n) is 9.48. The van der Waals surface area contributed by atoms with Gasteiger partial charge in [0.15, 0.2) is 5.78 Å². The van der Waals surface area contributed by atoms with Crippen molar-refractivity contribution < 1.29 is 4.79 Å². The number of ketones is 1. The first-order valence-electron chi connectivity index (χ1n) is 5.63. The summed E-state index contributed by atoms with van der Waals surface area (Å²) in [4.78, 5) is 15.5. The smallest absolute Gasteiger partial charge is 0.195 e. The molecule has 0 aliphatic heterocycles. The van der Waals surface area contributed by atoms with Gasteiger partial charge in [-0.15, -0.1) is 0 Å². The quantitative estimate of drug-likeness (QED) is 0.708. The summed E-state index contributed by atoms with van der Waals surface area (Å²) >= 11 is 3.47. The minimum atomic E-state index is 0.0416. The number of halogens is 1. The maximum atomic E-state index is 12.4. The van der Waals surface area contributed by atoms with Crippen LogP contribution in [-0.4, -0.2) is 10.8 Å². The van der Waals surface area contributed by atoms with E-state index >= 15 is 0 Å². The highest BCUT2D eigenvalue weighted by molar-refractivity contribution is 9.10. The first-order valence-corrected chi connectivity index (χ1v) is 6.42. The van der Waals surface area contributed by atoms with Crippen molar-refractivity contribution in [2.24, 2.45) is 0 Å². The SMILES string of the molecule is O=C(c1ccccc1)c1c[nH]c2c(Br)cccc12. The first-order chi connectivity index (χ1) is 8.77. The van der Waals surface area contributed by atoms with Crippen LogP contribution in [0.1, 0.15) is 15.9 Å². The van der Waals surface area contributed by atoms with E-state index in [1.807, 2.05) is 48.5 Å². The van der Waals surface area contributed by atoms with Gasteiger partial charge in [0.1, 0.15) is 0 Å². The van der Waals surface area contributed by atoms with Crippen LogP contribution >= 0.6 is 15.9 Å². The number of H-pyrrole nitrogens is 1. The van der Waals surface area contributed by atoms with Gasteiger partial charge in [0.05, 0.1) is 5.52 Å². The van der Waals surface area contributed by atoms with Crippen molar-refractivity contribution in [2.75, 3.05) is 0 Å². The van der Waals surface area contributed by atoms with E-state index in [2.05, 4.69) is 20.9 Å². The first kappa shape index (κ1) is 11.2. The second-order valence-corrected chi connectivity index (χ2v) is 4.91. The summed E-state index contributed by atoms with van der Waals surface area (Å²) in [6.07, 6.45) is 1.77. The van der Waals surface area contributed by atoms with Gasteiger partial charge in [-0.05, 0) is 22.0 Å². The lowest BCUT2D eigenvalue weighted by Crippen LogP contribution is -1.99. The maximum absolute atomic E-state index is 12.4. The van der Waals surface area contributed by atoms with Crippen LogP contribution in [0.3, 0.4) is 0 Å². The molecule has 0 saturated heterocycles. The molecule has 1 heterocycles. The lowest BCUT2D eigenvalue weighted by Gasteiger charge is -1.99. The third-order valence-electron chi connectivity index (χ3n) is 2.95. The molecule has 3 rings (SSSR count). The zero-order valence-corrected chi connectivity index (χ0v) is 11.1. The average molecular weight is 300 g/mol. The Kier molecular flexibility index (Phi) is 2.76. The largest absolute Gasteiger partial charge is 0.360 e. The van der Waals surface area contributed by atoms with Crippen molar-refractivity contribution in [2.45, 2.75) is 0 Å². The molecule has 18 heavy (non-hydrogen) atoms. The third kappa shape index (κ3) is 1.77. The van der Waals surface area contributed by atoms with Crippen LogP contribution in [0.15, 0.2) is 59.2 Å². The van der Waals surface area contributed by atoms with E-state index in [4.69, 9.17) is 0 Å². The van der Waals surface area contributed by atoms with E-state index in [1.165, 1.54) is 0 Å². The summed E-state index contributed by atoms with van der Waals surface area (Å²) in [5, 5.41) is 0.943. The summed E-state index contributed by atoms with van der Waals surface area (Å²) in [5.74, 6) is 0.0416. The zero-order chi connectivity index (χ0) is 12.5. The Morgan fingerprint density at radius 3 is 2.56 bits per heavy atom. The van der Waals surface area contributed by atoms with Crippen LogP contribution < -0.4 is 0 Å². The number of hydrogen-bond acceptors (Lipinski definition) is 1. The number of rotatable bonds is 2. The molecule has 1 N–H and O–H groups in total. The fourth-order valence-corrected chi connectivity index (χ4v) is 2.53. The molecule has 3 heteroatoms. The minimum absolute atomic E-state index is 0.0416. The Hall–Kier alpha value is -1.87. The molecular weight excluding hydrogens is 290 g/mol. The number of aromatic amines is 1. The molecule has 0 amide bonds. The lowest BCUT2D eigenvalue weighted by atomic mass is 10.0. The van der Waals surface area contributed by atoms with Crippen molar-refractivity contribution in [1.29, 1.82) is 0 Å². The number of fused-ring (bicyclic) bond motifs is 1. The Balaban J connectivity index is 2.16. The standard InChI is InChI=1S/C15H10BrNO/c16-13-8-4-7-11-12(9-17-14(11)13)15(18)10-5-2-1-3-6-10/h1-9,17H. The Bertz CT molecular complexity index is 716. The topological polar surface area (TPSA) is 32.9 Å². The van der Waals surface area contributed by atoms with Crippen molar-refractivity contribution in [3.8, 4) is 0 Å². The van der Waals surface area contributed by atoms with Crippen molar-refractivity contribution in [1.82, 2.24) is 4.98 Å². The van der Waals surface area contributed by atoms with E-state index in [0.29, 0.717) is 11.1 Å². The molecule has 2 nitrogen and oxygen atoms in total. The molecule has 0 saturated carbocycles. The van der Waals surface area contributed by atoms with Crippen molar-refractivity contribution in [3.05, 3.63) is 70.3 Å². The predicted molar refractivity (Wildman–Crippen MR) is 75.9 cm³/mol. The van der Waals surface area contributed by atoms with Crippen LogP contribution in [-0.2, 0) is 0 Å². The number of aromatic nitrogens is 1. The predicted octanol–water partition coefficient (Wildman–Crippen LogP) is 4.16. The van der Waals surface area contributed by atoms with Gasteiger partial charge in [-0.3, -0.25) is 4.79 Å². The normalized spacial score (nSPS) is 10.7. The molecule has 2 aromatic carbocycles. The van der Waals surface area contributed by atoms with Crippen LogP contribution in [0.25, 0.3) is 10.9 Å². The molecule has 0 atom stereocenters. The van der Waals surface area contributed by atoms with Gasteiger partial charge in [0.2, 0.25) is 0 Å². The van der Waals surface area contributed by atoms with E-state index < -0.39 is 0 Å². The van der Waals surface area contributed by atoms with Gasteiger partial charge in [-0.25, -0.2) is 0 Å². The van der Waals surface area contributed by atoms with Gasteiger partial charge in [0.25, 0.3) is 0 Å². The van der Waals surface area contributed by atoms with Gasteiger partial charge < -0.3 is 4.98 Å². The molecule has 0 aliphatic carbocycles. The van der Waals surface area contributed by atoms with Crippen LogP contribution in [0.2, 0.25) is 0 Å².